The van der Waals surface area contributed by atoms with Gasteiger partial charge in [-0.15, -0.1) is 21.5 Å². The van der Waals surface area contributed by atoms with Crippen LogP contribution in [0.4, 0.5) is 30.6 Å². The molecule has 4 saturated heterocycles. The fourth-order valence-electron chi connectivity index (χ4n) is 12.4. The Morgan fingerprint density at radius 1 is 0.870 bits per heavy atom. The van der Waals surface area contributed by atoms with Crippen LogP contribution in [0.25, 0.3) is 21.7 Å². The molecule has 5 fully saturated rings. The third-order valence-corrected chi connectivity index (χ3v) is 17.6. The number of likely N-dealkylation sites (tertiary alicyclic amines) is 2. The standard InChI is InChI=1S/C56H69F3N12O5S/c1-32-48(77-31-64-32)36-13-14-37(43(21-36)56(57,58)59)24-61-52(75)46-22-41(72)30-70(46)53(76)49(55(2,3)4)65-51(74)35-11-9-33(10-12-35)27-68-19-17-34(18-20-68)38-25-62-54(63-26-38)71-39-15-16-40(71)29-69(28-39)45-23-44(66-67-50(45)60)42-7-5-6-8-47(42)73/h5-8,13-14,21,23,25-26,31,33-35,39-41,46,49,72-73H,9-12,15-20,22,24,27-30H2,1-4H3,(H2,60,67)(H,61,75)(H,65,74)/t33-,35-,39?,40?,41-,46+,49-/m1/s1. The van der Waals surface area contributed by atoms with Crippen LogP contribution in [0, 0.1) is 24.2 Å². The fourth-order valence-corrected chi connectivity index (χ4v) is 13.2. The van der Waals surface area contributed by atoms with Crippen LogP contribution in [-0.4, -0.2) is 132 Å². The first kappa shape index (κ1) is 53.9. The predicted molar refractivity (Wildman–Crippen MR) is 288 cm³/mol. The second kappa shape index (κ2) is 22.1. The summed E-state index contributed by atoms with van der Waals surface area (Å²) in [5, 5.41) is 35.3. The zero-order valence-electron chi connectivity index (χ0n) is 44.0. The molecular formula is C56H69F3N12O5S. The minimum atomic E-state index is -4.69. The first-order valence-corrected chi connectivity index (χ1v) is 27.8. The van der Waals surface area contributed by atoms with E-state index in [0.717, 1.165) is 94.5 Å². The van der Waals surface area contributed by atoms with Gasteiger partial charge in [0.2, 0.25) is 23.7 Å². The summed E-state index contributed by atoms with van der Waals surface area (Å²) in [6.45, 7) is 11.0. The summed E-state index contributed by atoms with van der Waals surface area (Å²) in [5.41, 5.74) is 10.3. The van der Waals surface area contributed by atoms with E-state index in [2.05, 4.69) is 40.5 Å². The molecule has 17 nitrogen and oxygen atoms in total. The lowest BCUT2D eigenvalue weighted by Crippen LogP contribution is -2.58. The molecular weight excluding hydrogens is 1010 g/mol. The number of fused-ring (bicyclic) bond motifs is 2. The molecule has 1 aliphatic carbocycles. The zero-order chi connectivity index (χ0) is 54.3. The molecule has 3 amide bonds. The number of phenolic OH excluding ortho intramolecular Hbond substituents is 1. The van der Waals surface area contributed by atoms with Crippen molar-refractivity contribution in [2.24, 2.45) is 17.3 Å². The number of aryl methyl sites for hydroxylation is 1. The van der Waals surface area contributed by atoms with Crippen molar-refractivity contribution >= 4 is 46.5 Å². The van der Waals surface area contributed by atoms with Crippen LogP contribution in [-0.2, 0) is 27.1 Å². The molecule has 0 spiro atoms. The number of hydrogen-bond donors (Lipinski definition) is 5. The van der Waals surface area contributed by atoms with Gasteiger partial charge in [0, 0.05) is 75.1 Å². The van der Waals surface area contributed by atoms with Crippen molar-refractivity contribution in [1.82, 2.24) is 45.6 Å². The number of β-amino-alcohol motifs (C(OH)–C–C–N with tert-alkyl or cyclic N) is 1. The number of carbonyl (C=O) groups is 3. The van der Waals surface area contributed by atoms with Crippen molar-refractivity contribution in [3.63, 3.8) is 0 Å². The molecule has 3 aromatic heterocycles. The number of thiazole rings is 1. The lowest BCUT2D eigenvalue weighted by molar-refractivity contribution is -0.144. The average Bonchev–Trinajstić information content (AvgIpc) is 4.15. The highest BCUT2D eigenvalue weighted by molar-refractivity contribution is 7.13. The van der Waals surface area contributed by atoms with Crippen molar-refractivity contribution in [2.75, 3.05) is 54.8 Å². The number of nitrogens with one attached hydrogen (secondary N) is 2. The summed E-state index contributed by atoms with van der Waals surface area (Å²) < 4.78 is 42.9. The van der Waals surface area contributed by atoms with E-state index in [4.69, 9.17) is 15.7 Å². The van der Waals surface area contributed by atoms with Crippen molar-refractivity contribution in [3.8, 4) is 27.4 Å². The normalized spacial score (nSPS) is 23.8. The Hall–Kier alpha value is -6.45. The predicted octanol–water partition coefficient (Wildman–Crippen LogP) is 7.32. The van der Waals surface area contributed by atoms with E-state index < -0.39 is 53.7 Å². The molecule has 21 heteroatoms. The quantitative estimate of drug-likeness (QED) is 0.0781. The van der Waals surface area contributed by atoms with Crippen LogP contribution in [0.2, 0.25) is 0 Å². The molecule has 2 unspecified atom stereocenters. The number of phenols is 1. The molecule has 5 atom stereocenters. The van der Waals surface area contributed by atoms with E-state index in [9.17, 15) is 37.8 Å². The Bertz CT molecular complexity index is 2920. The number of nitrogen functional groups attached to an aromatic ring is 1. The summed E-state index contributed by atoms with van der Waals surface area (Å²) in [6.07, 6.45) is 5.43. The number of halogens is 3. The number of aliphatic hydroxyl groups is 1. The first-order chi connectivity index (χ1) is 36.8. The first-order valence-electron chi connectivity index (χ1n) is 26.9. The molecule has 5 aromatic rings. The maximum Gasteiger partial charge on any atom is 0.416 e. The number of piperazine rings is 1. The van der Waals surface area contributed by atoms with E-state index in [1.807, 2.05) is 51.4 Å². The number of aliphatic hydroxyl groups excluding tert-OH is 1. The molecule has 4 aliphatic heterocycles. The lowest BCUT2D eigenvalue weighted by atomic mass is 9.80. The largest absolute Gasteiger partial charge is 0.507 e. The summed E-state index contributed by atoms with van der Waals surface area (Å²) in [5.74, 6) is 0.376. The highest BCUT2D eigenvalue weighted by atomic mass is 32.1. The van der Waals surface area contributed by atoms with E-state index >= 15 is 0 Å². The number of piperidine rings is 1. The summed E-state index contributed by atoms with van der Waals surface area (Å²) in [6, 6.07) is 11.3. The number of nitrogens with zero attached hydrogens (tertiary/aromatic N) is 9. The number of carbonyl (C=O) groups excluding carboxylic acids is 3. The number of aromatic nitrogens is 5. The Labute approximate surface area is 450 Å². The van der Waals surface area contributed by atoms with Gasteiger partial charge >= 0.3 is 6.18 Å². The Morgan fingerprint density at radius 3 is 2.22 bits per heavy atom. The van der Waals surface area contributed by atoms with Crippen molar-refractivity contribution < 1.29 is 37.8 Å². The topological polar surface area (TPSA) is 219 Å². The number of para-hydroxylation sites is 1. The molecule has 77 heavy (non-hydrogen) atoms. The Balaban J connectivity index is 0.682. The zero-order valence-corrected chi connectivity index (χ0v) is 44.9. The van der Waals surface area contributed by atoms with Gasteiger partial charge < -0.3 is 46.2 Å². The molecule has 2 bridgehead atoms. The van der Waals surface area contributed by atoms with Gasteiger partial charge in [-0.25, -0.2) is 15.0 Å². The summed E-state index contributed by atoms with van der Waals surface area (Å²) in [4.78, 5) is 65.1. The van der Waals surface area contributed by atoms with Gasteiger partial charge in [-0.1, -0.05) is 45.0 Å². The second-order valence-corrected chi connectivity index (χ2v) is 23.7. The number of alkyl halides is 3. The number of anilines is 3. The van der Waals surface area contributed by atoms with Gasteiger partial charge in [0.25, 0.3) is 0 Å². The molecule has 7 heterocycles. The van der Waals surface area contributed by atoms with Crippen LogP contribution in [0.5, 0.6) is 5.75 Å². The summed E-state index contributed by atoms with van der Waals surface area (Å²) in [7, 11) is 0. The molecule has 0 radical (unpaired) electrons. The second-order valence-electron chi connectivity index (χ2n) is 22.9. The number of aromatic hydroxyl groups is 1. The van der Waals surface area contributed by atoms with Gasteiger partial charge in [-0.2, -0.15) is 13.2 Å². The third-order valence-electron chi connectivity index (χ3n) is 16.6. The minimum absolute atomic E-state index is 0.0860. The maximum atomic E-state index is 14.3. The molecule has 5 aliphatic rings. The van der Waals surface area contributed by atoms with Gasteiger partial charge in [0.05, 0.1) is 39.1 Å². The highest BCUT2D eigenvalue weighted by Gasteiger charge is 2.46. The highest BCUT2D eigenvalue weighted by Crippen LogP contribution is 2.41. The minimum Gasteiger partial charge on any atom is -0.507 e. The smallest absolute Gasteiger partial charge is 0.416 e. The van der Waals surface area contributed by atoms with Crippen molar-refractivity contribution in [1.29, 1.82) is 0 Å². The number of rotatable bonds is 13. The van der Waals surface area contributed by atoms with Crippen LogP contribution in [0.1, 0.15) is 107 Å². The van der Waals surface area contributed by atoms with E-state index in [1.54, 1.807) is 30.6 Å². The number of hydrogen-bond acceptors (Lipinski definition) is 15. The molecule has 1 saturated carbocycles. The van der Waals surface area contributed by atoms with Crippen LogP contribution in [0.3, 0.4) is 0 Å². The van der Waals surface area contributed by atoms with Crippen LogP contribution in [0.15, 0.2) is 66.4 Å². The van der Waals surface area contributed by atoms with Gasteiger partial charge in [0.15, 0.2) is 5.82 Å². The van der Waals surface area contributed by atoms with Crippen molar-refractivity contribution in [2.45, 2.75) is 134 Å². The Morgan fingerprint density at radius 2 is 1.57 bits per heavy atom. The molecule has 6 N–H and O–H groups in total. The number of benzene rings is 2. The van der Waals surface area contributed by atoms with E-state index in [0.29, 0.717) is 57.9 Å². The maximum absolute atomic E-state index is 14.3. The van der Waals surface area contributed by atoms with Gasteiger partial charge in [-0.3, -0.25) is 14.4 Å². The van der Waals surface area contributed by atoms with Crippen molar-refractivity contribution in [3.05, 3.63) is 88.8 Å². The molecule has 2 aromatic carbocycles. The number of amides is 3. The Kier molecular flexibility index (Phi) is 15.5. The lowest BCUT2D eigenvalue weighted by Gasteiger charge is -2.42. The third kappa shape index (κ3) is 11.7. The van der Waals surface area contributed by atoms with E-state index in [-0.39, 0.29) is 48.2 Å². The number of nitrogens with two attached hydrogens (primary N) is 1. The molecule has 10 rings (SSSR count). The monoisotopic (exact) mass is 1080 g/mol. The SMILES string of the molecule is Cc1ncsc1-c1ccc(CNC(=O)[C@@H]2C[C@@H](O)CN2C(=O)[C@@H](NC(=O)[C@H]2CC[C@H](CN3CCC(c4cnc(N5C6CCC5CN(c5cc(-c7ccccc7O)nnc5N)C6)nc4)CC3)CC2)C(C)(C)C)c(C(F)(F)F)c1. The average molecular weight is 1080 g/mol. The van der Waals surface area contributed by atoms with Gasteiger partial charge in [0.1, 0.15) is 17.8 Å². The van der Waals surface area contributed by atoms with Crippen LogP contribution < -0.4 is 26.2 Å². The van der Waals surface area contributed by atoms with E-state index in [1.165, 1.54) is 22.3 Å². The fraction of sp³-hybridized carbons (Fsp3) is 0.536. The molecule has 410 valence electrons. The van der Waals surface area contributed by atoms with Crippen LogP contribution >= 0.6 is 11.3 Å². The summed E-state index contributed by atoms with van der Waals surface area (Å²) >= 11 is 1.24. The van der Waals surface area contributed by atoms with Gasteiger partial charge in [-0.05, 0) is 130 Å².